The summed E-state index contributed by atoms with van der Waals surface area (Å²) < 4.78 is 35.9. The van der Waals surface area contributed by atoms with Crippen LogP contribution < -0.4 is 0 Å². The van der Waals surface area contributed by atoms with Crippen molar-refractivity contribution in [2.45, 2.75) is 196 Å². The molecule has 2 atom stereocenters. The van der Waals surface area contributed by atoms with Gasteiger partial charge in [0.1, 0.15) is 78.9 Å². The zero-order chi connectivity index (χ0) is 73.9. The maximum Gasteiger partial charge on any atom is 0.384 e. The minimum atomic E-state index is -0.554. The number of carbonyl (C=O) groups excluding carboxylic acids is 6. The van der Waals surface area contributed by atoms with E-state index in [-0.39, 0.29) is 0 Å². The fourth-order valence-electron chi connectivity index (χ4n) is 10.9. The summed E-state index contributed by atoms with van der Waals surface area (Å²) in [6.45, 7) is 64.2. The van der Waals surface area contributed by atoms with Gasteiger partial charge in [0.25, 0.3) is 0 Å². The number of ether oxygens (including phenoxy) is 6. The van der Waals surface area contributed by atoms with Gasteiger partial charge in [-0.15, -0.1) is 12.8 Å². The van der Waals surface area contributed by atoms with Crippen LogP contribution in [0.25, 0.3) is 0 Å². The SMILES string of the molecule is C#CC(=O)OCC[N+](CC)(CCC)CCC.C#CC(=O)OCC[N+](CC)(CCC)CCCC.CC#CC(=O)OCC[N+](C)(C)C.CC#CC(=O)OCC[N+](CC)(CC)CC.CC#CC(=O)OCC[N+](CC)(CCC)CCC.CC#CC(=O)OCC[N+](CC)(CCC)CCCC. The summed E-state index contributed by atoms with van der Waals surface area (Å²) in [5, 5.41) is 0. The minimum Gasteiger partial charge on any atom is -0.450 e. The zero-order valence-corrected chi connectivity index (χ0v) is 64.9. The first-order valence-corrected chi connectivity index (χ1v) is 35.8. The van der Waals surface area contributed by atoms with Gasteiger partial charge in [-0.25, -0.2) is 28.8 Å². The Labute approximate surface area is 583 Å². The number of carbonyl (C=O) groups is 6. The monoisotopic (exact) mass is 1340 g/mol. The number of unbranched alkanes of at least 4 members (excludes halogenated alkanes) is 2. The molecule has 0 bridgehead atoms. The molecule has 0 aromatic rings. The van der Waals surface area contributed by atoms with E-state index in [0.717, 1.165) is 190 Å². The van der Waals surface area contributed by atoms with E-state index in [9.17, 15) is 28.8 Å². The van der Waals surface area contributed by atoms with E-state index in [2.05, 4.69) is 151 Å². The molecule has 0 aliphatic rings. The van der Waals surface area contributed by atoms with Gasteiger partial charge in [0.2, 0.25) is 0 Å². The number of quaternary nitrogens is 6. The molecule has 0 N–H and O–H groups in total. The Kier molecular flexibility index (Phi) is 68.7. The molecule has 2 unspecified atom stereocenters. The molecule has 0 aromatic heterocycles. The maximum atomic E-state index is 11.2. The van der Waals surface area contributed by atoms with E-state index in [0.29, 0.717) is 39.6 Å². The highest BCUT2D eigenvalue weighted by molar-refractivity contribution is 5.89. The Hall–Kier alpha value is -6.06. The zero-order valence-electron chi connectivity index (χ0n) is 64.9. The highest BCUT2D eigenvalue weighted by Crippen LogP contribution is 2.14. The second-order valence-corrected chi connectivity index (χ2v) is 24.7. The average molecular weight is 1340 g/mol. The second kappa shape index (κ2) is 65.2. The van der Waals surface area contributed by atoms with Crippen LogP contribution >= 0.6 is 0 Å². The summed E-state index contributed by atoms with van der Waals surface area (Å²) in [7, 11) is 6.12. The third kappa shape index (κ3) is 56.8. The lowest BCUT2D eigenvalue weighted by Crippen LogP contribution is -2.51. The molecule has 95 heavy (non-hydrogen) atoms. The van der Waals surface area contributed by atoms with Gasteiger partial charge in [-0.1, -0.05) is 91.9 Å². The first-order valence-electron chi connectivity index (χ1n) is 35.8. The van der Waals surface area contributed by atoms with Crippen molar-refractivity contribution < 1.29 is 84.1 Å². The standard InChI is InChI=1S/C15H28NO2.2C14H26NO2.C13H24NO2.C12H22NO2.C9H16NO2/c1-5-9-12-16(8-4,11-7-3)13-14-18-15(17)10-6-2;1-5-9-11-15(8-4,10-6-2)12-13-17-14(16)7-3;1-5-9-14(16)17-13-12-15(8-4,10-6-2)11-7-3;1-5-9-14(8-4,10-6-2)11-12-16-13(15)7-3;1-5-9-12(14)15-11-10-13(6-2,7-3)8-4;1-5-6-9(11)12-8-7-10(2,3)4/h5,7-9,11-14H2,1-4H3;3H,5-6,8-13H2,1-2,4H3;6-8,10-13H2,1-4H3;3H,5-6,8-12H2,1-2,4H3;6-8,10-11H2,1-4H3;7-8H2,1-4H3/q6*+1. The van der Waals surface area contributed by atoms with Crippen LogP contribution in [-0.4, -0.2) is 261 Å². The molecule has 0 amide bonds. The number of likely N-dealkylation sites (N-methyl/N-ethyl adjacent to an activating group) is 6. The smallest absolute Gasteiger partial charge is 0.384 e. The Bertz CT molecular complexity index is 2340. The molecular formula is C77H142N6O12+6. The fraction of sp³-hybridized carbons (Fsp3) is 0.766. The van der Waals surface area contributed by atoms with Crippen molar-refractivity contribution >= 4 is 35.8 Å². The molecule has 0 rings (SSSR count). The Morgan fingerprint density at radius 2 is 0.453 bits per heavy atom. The molecule has 546 valence electrons. The van der Waals surface area contributed by atoms with E-state index in [1.807, 2.05) is 33.0 Å². The average Bonchev–Trinajstić information content (AvgIpc) is 1.30. The van der Waals surface area contributed by atoms with Gasteiger partial charge < -0.3 is 55.3 Å². The molecule has 0 aliphatic heterocycles. The Morgan fingerprint density at radius 1 is 0.263 bits per heavy atom. The van der Waals surface area contributed by atoms with E-state index in [1.165, 1.54) is 38.6 Å². The van der Waals surface area contributed by atoms with Crippen molar-refractivity contribution in [2.75, 3.05) is 198 Å². The summed E-state index contributed by atoms with van der Waals surface area (Å²) in [6.07, 6.45) is 21.7. The molecule has 0 fully saturated rings. The van der Waals surface area contributed by atoms with Crippen LogP contribution in [0.4, 0.5) is 0 Å². The third-order valence-corrected chi connectivity index (χ3v) is 17.0. The van der Waals surface area contributed by atoms with E-state index < -0.39 is 35.8 Å². The van der Waals surface area contributed by atoms with Gasteiger partial charge in [-0.05, 0) is 128 Å². The predicted molar refractivity (Wildman–Crippen MR) is 390 cm³/mol. The van der Waals surface area contributed by atoms with Crippen LogP contribution in [0, 0.1) is 72.1 Å². The molecular weight excluding hydrogens is 1200 g/mol. The van der Waals surface area contributed by atoms with Gasteiger partial charge in [0, 0.05) is 35.5 Å². The first-order chi connectivity index (χ1) is 45.1. The maximum absolute atomic E-state index is 11.2. The van der Waals surface area contributed by atoms with Crippen LogP contribution in [0.3, 0.4) is 0 Å². The number of hydrogen-bond acceptors (Lipinski definition) is 12. The topological polar surface area (TPSA) is 158 Å². The molecule has 18 nitrogen and oxygen atoms in total. The van der Waals surface area contributed by atoms with E-state index >= 15 is 0 Å². The van der Waals surface area contributed by atoms with Crippen LogP contribution in [0.1, 0.15) is 196 Å². The van der Waals surface area contributed by atoms with Crippen LogP contribution in [0.15, 0.2) is 0 Å². The lowest BCUT2D eigenvalue weighted by atomic mass is 10.2. The largest absolute Gasteiger partial charge is 0.450 e. The summed E-state index contributed by atoms with van der Waals surface area (Å²) in [4.78, 5) is 65.8. The number of nitrogens with zero attached hydrogens (tertiary/aromatic N) is 6. The van der Waals surface area contributed by atoms with Crippen molar-refractivity contribution in [1.82, 2.24) is 0 Å². The quantitative estimate of drug-likeness (QED) is 0.0187. The highest BCUT2D eigenvalue weighted by Gasteiger charge is 2.27. The number of terminal acetylenes is 2. The number of esters is 6. The minimum absolute atomic E-state index is 0.404. The number of rotatable bonds is 43. The van der Waals surface area contributed by atoms with Crippen molar-refractivity contribution in [2.24, 2.45) is 0 Å². The summed E-state index contributed by atoms with van der Waals surface area (Å²) in [6, 6.07) is 0. The second-order valence-electron chi connectivity index (χ2n) is 24.7. The fourth-order valence-corrected chi connectivity index (χ4v) is 10.9. The third-order valence-electron chi connectivity index (χ3n) is 17.0. The van der Waals surface area contributed by atoms with Crippen molar-refractivity contribution in [1.29, 1.82) is 0 Å². The lowest BCUT2D eigenvalue weighted by molar-refractivity contribution is -0.927. The summed E-state index contributed by atoms with van der Waals surface area (Å²) in [5.41, 5.74) is 0. The first kappa shape index (κ1) is 100.0. The van der Waals surface area contributed by atoms with Crippen LogP contribution in [-0.2, 0) is 57.2 Å². The molecule has 0 aliphatic carbocycles. The predicted octanol–water partition coefficient (Wildman–Crippen LogP) is 10.5. The Balaban J connectivity index is -0.000000251. The number of hydrogen-bond donors (Lipinski definition) is 0. The van der Waals surface area contributed by atoms with Gasteiger partial charge >= 0.3 is 35.8 Å². The molecule has 0 spiro atoms. The highest BCUT2D eigenvalue weighted by atomic mass is 16.6. The van der Waals surface area contributed by atoms with Gasteiger partial charge in [0.15, 0.2) is 0 Å². The van der Waals surface area contributed by atoms with E-state index in [4.69, 9.17) is 41.3 Å². The van der Waals surface area contributed by atoms with Crippen molar-refractivity contribution in [3.05, 3.63) is 0 Å². The van der Waals surface area contributed by atoms with Crippen molar-refractivity contribution in [3.8, 4) is 72.1 Å². The molecule has 0 aromatic carbocycles. The van der Waals surface area contributed by atoms with Gasteiger partial charge in [-0.2, -0.15) is 0 Å². The lowest BCUT2D eigenvalue weighted by Gasteiger charge is -2.37. The van der Waals surface area contributed by atoms with Crippen LogP contribution in [0.5, 0.6) is 0 Å². The summed E-state index contributed by atoms with van der Waals surface area (Å²) >= 11 is 0. The normalized spacial score (nSPS) is 11.6. The molecule has 0 radical (unpaired) electrons. The molecule has 0 saturated heterocycles. The molecule has 18 heteroatoms. The Morgan fingerprint density at radius 3 is 0.621 bits per heavy atom. The van der Waals surface area contributed by atoms with Gasteiger partial charge in [0.05, 0.1) is 119 Å². The molecule has 0 heterocycles. The van der Waals surface area contributed by atoms with Crippen molar-refractivity contribution in [3.63, 3.8) is 0 Å². The van der Waals surface area contributed by atoms with E-state index in [1.54, 1.807) is 27.7 Å². The summed E-state index contributed by atoms with van der Waals surface area (Å²) in [5.74, 6) is 20.8. The molecule has 0 saturated carbocycles. The van der Waals surface area contributed by atoms with Gasteiger partial charge in [-0.3, -0.25) is 0 Å². The van der Waals surface area contributed by atoms with Crippen LogP contribution in [0.2, 0.25) is 0 Å².